The third-order valence-electron chi connectivity index (χ3n) is 5.20. The predicted octanol–water partition coefficient (Wildman–Crippen LogP) is 4.04. The lowest BCUT2D eigenvalue weighted by atomic mass is 9.93. The van der Waals surface area contributed by atoms with E-state index >= 15 is 0 Å². The Morgan fingerprint density at radius 3 is 2.92 bits per heavy atom. The minimum Gasteiger partial charge on any atom is -0.343 e. The van der Waals surface area contributed by atoms with Crippen LogP contribution in [0.4, 0.5) is 0 Å². The second-order valence-corrected chi connectivity index (χ2v) is 7.70. The molecule has 6 heteroatoms. The summed E-state index contributed by atoms with van der Waals surface area (Å²) in [6.07, 6.45) is 6.12. The molecular weight excluding hydrogens is 330 g/mol. The maximum Gasteiger partial charge on any atom is 0.138 e. The molecule has 5 heterocycles. The lowest BCUT2D eigenvalue weighted by molar-refractivity contribution is 0.254. The van der Waals surface area contributed by atoms with Gasteiger partial charge in [-0.2, -0.15) is 0 Å². The maximum atomic E-state index is 4.63. The van der Waals surface area contributed by atoms with Crippen molar-refractivity contribution in [2.75, 3.05) is 20.1 Å². The highest BCUT2D eigenvalue weighted by atomic mass is 32.1. The van der Waals surface area contributed by atoms with Gasteiger partial charge >= 0.3 is 0 Å². The zero-order valence-corrected chi connectivity index (χ0v) is 14.9. The van der Waals surface area contributed by atoms with Gasteiger partial charge in [0.1, 0.15) is 5.65 Å². The van der Waals surface area contributed by atoms with Crippen molar-refractivity contribution in [1.29, 1.82) is 0 Å². The van der Waals surface area contributed by atoms with E-state index in [1.54, 1.807) is 11.3 Å². The highest BCUT2D eigenvalue weighted by Crippen LogP contribution is 2.33. The number of fused-ring (bicyclic) bond motifs is 2. The smallest absolute Gasteiger partial charge is 0.138 e. The van der Waals surface area contributed by atoms with Gasteiger partial charge in [0.05, 0.1) is 27.6 Å². The van der Waals surface area contributed by atoms with Gasteiger partial charge in [-0.15, -0.1) is 11.3 Å². The first-order chi connectivity index (χ1) is 12.3. The van der Waals surface area contributed by atoms with Crippen LogP contribution in [0.15, 0.2) is 36.1 Å². The summed E-state index contributed by atoms with van der Waals surface area (Å²) in [7, 11) is 2.20. The minimum atomic E-state index is 0.593. The molecule has 5 nitrogen and oxygen atoms in total. The molecule has 0 aromatic carbocycles. The Hall–Kier alpha value is -2.31. The first-order valence-electron chi connectivity index (χ1n) is 8.64. The van der Waals surface area contributed by atoms with Gasteiger partial charge in [0, 0.05) is 28.8 Å². The van der Waals surface area contributed by atoms with Gasteiger partial charge in [0.2, 0.25) is 0 Å². The van der Waals surface area contributed by atoms with Crippen molar-refractivity contribution in [3.63, 3.8) is 0 Å². The second kappa shape index (κ2) is 5.89. The van der Waals surface area contributed by atoms with E-state index in [2.05, 4.69) is 50.1 Å². The van der Waals surface area contributed by atoms with E-state index in [-0.39, 0.29) is 0 Å². The van der Waals surface area contributed by atoms with Crippen LogP contribution < -0.4 is 0 Å². The summed E-state index contributed by atoms with van der Waals surface area (Å²) in [5.74, 6) is 0.593. The van der Waals surface area contributed by atoms with Crippen LogP contribution in [0.5, 0.6) is 0 Å². The number of likely N-dealkylation sites (tertiary alicyclic amines) is 1. The minimum absolute atomic E-state index is 0.593. The van der Waals surface area contributed by atoms with Crippen molar-refractivity contribution in [1.82, 2.24) is 24.8 Å². The Kier molecular flexibility index (Phi) is 3.53. The molecule has 0 radical (unpaired) electrons. The number of nitrogens with zero attached hydrogens (tertiary/aromatic N) is 4. The quantitative estimate of drug-likeness (QED) is 0.593. The Morgan fingerprint density at radius 2 is 2.04 bits per heavy atom. The molecule has 1 N–H and O–H groups in total. The first kappa shape index (κ1) is 15.0. The number of hydrogen-bond acceptors (Lipinski definition) is 5. The Bertz CT molecular complexity index is 1040. The lowest BCUT2D eigenvalue weighted by Gasteiger charge is -2.28. The molecule has 4 aromatic heterocycles. The summed E-state index contributed by atoms with van der Waals surface area (Å²) in [6.45, 7) is 2.31. The molecule has 0 saturated carbocycles. The number of piperidine rings is 1. The van der Waals surface area contributed by atoms with Crippen LogP contribution in [0.2, 0.25) is 0 Å². The summed E-state index contributed by atoms with van der Waals surface area (Å²) >= 11 is 1.65. The van der Waals surface area contributed by atoms with Gasteiger partial charge in [-0.25, -0.2) is 9.97 Å². The topological polar surface area (TPSA) is 57.7 Å². The molecule has 25 heavy (non-hydrogen) atoms. The number of H-pyrrole nitrogens is 1. The molecule has 1 saturated heterocycles. The summed E-state index contributed by atoms with van der Waals surface area (Å²) in [5, 5.41) is 1.16. The van der Waals surface area contributed by atoms with E-state index in [1.165, 1.54) is 23.2 Å². The van der Waals surface area contributed by atoms with Gasteiger partial charge < -0.3 is 9.88 Å². The largest absolute Gasteiger partial charge is 0.343 e. The molecule has 0 aliphatic carbocycles. The Labute approximate surface area is 149 Å². The van der Waals surface area contributed by atoms with Gasteiger partial charge in [0.25, 0.3) is 0 Å². The van der Waals surface area contributed by atoms with Gasteiger partial charge in [-0.05, 0) is 51.2 Å². The van der Waals surface area contributed by atoms with Crippen LogP contribution in [0.1, 0.15) is 24.5 Å². The van der Waals surface area contributed by atoms with Crippen molar-refractivity contribution < 1.29 is 0 Å². The second-order valence-electron chi connectivity index (χ2n) is 6.81. The van der Waals surface area contributed by atoms with Crippen LogP contribution in [0.3, 0.4) is 0 Å². The number of aromatic amines is 1. The normalized spacial score (nSPS) is 16.8. The van der Waals surface area contributed by atoms with Crippen molar-refractivity contribution in [3.05, 3.63) is 41.8 Å². The molecule has 1 aliphatic rings. The monoisotopic (exact) mass is 349 g/mol. The third kappa shape index (κ3) is 2.62. The van der Waals surface area contributed by atoms with Crippen LogP contribution in [-0.4, -0.2) is 45.0 Å². The zero-order valence-electron chi connectivity index (χ0n) is 14.1. The van der Waals surface area contributed by atoms with Crippen molar-refractivity contribution in [2.24, 2.45) is 0 Å². The average molecular weight is 349 g/mol. The molecule has 4 aromatic rings. The third-order valence-corrected chi connectivity index (χ3v) is 6.00. The molecule has 0 spiro atoms. The van der Waals surface area contributed by atoms with Crippen LogP contribution in [-0.2, 0) is 0 Å². The molecule has 0 atom stereocenters. The van der Waals surface area contributed by atoms with Gasteiger partial charge in [-0.3, -0.25) is 4.98 Å². The standard InChI is InChI=1S/C19H19N5S/c1-24-6-3-12(4-7-24)15-8-14-13(2-5-20-19(14)23-15)16-9-18-17(10-21-16)22-11-25-18/h2,5,8-12H,3-4,6-7H2,1H3,(H,20,23). The number of aromatic nitrogens is 4. The van der Waals surface area contributed by atoms with Crippen molar-refractivity contribution >= 4 is 32.6 Å². The van der Waals surface area contributed by atoms with Gasteiger partial charge in [-0.1, -0.05) is 0 Å². The Morgan fingerprint density at radius 1 is 1.16 bits per heavy atom. The summed E-state index contributed by atoms with van der Waals surface area (Å²) in [4.78, 5) is 19.4. The van der Waals surface area contributed by atoms with Crippen molar-refractivity contribution in [2.45, 2.75) is 18.8 Å². The van der Waals surface area contributed by atoms with E-state index in [1.807, 2.05) is 17.9 Å². The fourth-order valence-electron chi connectivity index (χ4n) is 3.72. The number of thiazole rings is 1. The molecule has 0 unspecified atom stereocenters. The number of hydrogen-bond donors (Lipinski definition) is 1. The number of nitrogens with one attached hydrogen (secondary N) is 1. The molecule has 0 bridgehead atoms. The lowest BCUT2D eigenvalue weighted by Crippen LogP contribution is -2.29. The van der Waals surface area contributed by atoms with Gasteiger partial charge in [0.15, 0.2) is 0 Å². The van der Waals surface area contributed by atoms with Crippen molar-refractivity contribution in [3.8, 4) is 11.3 Å². The number of pyridine rings is 2. The SMILES string of the molecule is CN1CCC(c2cc3c(-c4cc5scnc5cn4)ccnc3[nH]2)CC1. The molecule has 1 fully saturated rings. The molecule has 126 valence electrons. The number of rotatable bonds is 2. The van der Waals surface area contributed by atoms with E-state index in [4.69, 9.17) is 0 Å². The van der Waals surface area contributed by atoms with E-state index in [0.717, 1.165) is 40.9 Å². The van der Waals surface area contributed by atoms with Crippen LogP contribution >= 0.6 is 11.3 Å². The molecule has 0 amide bonds. The maximum absolute atomic E-state index is 4.63. The van der Waals surface area contributed by atoms with E-state index in [0.29, 0.717) is 5.92 Å². The fourth-order valence-corrected chi connectivity index (χ4v) is 4.40. The first-order valence-corrected chi connectivity index (χ1v) is 9.52. The fraction of sp³-hybridized carbons (Fsp3) is 0.316. The molecular formula is C19H19N5S. The average Bonchev–Trinajstić information content (AvgIpc) is 3.28. The van der Waals surface area contributed by atoms with E-state index < -0.39 is 0 Å². The van der Waals surface area contributed by atoms with Crippen LogP contribution in [0.25, 0.3) is 32.5 Å². The highest BCUT2D eigenvalue weighted by molar-refractivity contribution is 7.16. The molecule has 5 rings (SSSR count). The highest BCUT2D eigenvalue weighted by Gasteiger charge is 2.21. The zero-order chi connectivity index (χ0) is 16.8. The van der Waals surface area contributed by atoms with Crippen LogP contribution in [0, 0.1) is 0 Å². The summed E-state index contributed by atoms with van der Waals surface area (Å²) in [5.41, 5.74) is 7.21. The Balaban J connectivity index is 1.59. The van der Waals surface area contributed by atoms with E-state index in [9.17, 15) is 0 Å². The summed E-state index contributed by atoms with van der Waals surface area (Å²) in [6, 6.07) is 6.47. The predicted molar refractivity (Wildman–Crippen MR) is 102 cm³/mol. The summed E-state index contributed by atoms with van der Waals surface area (Å²) < 4.78 is 1.17. The molecule has 1 aliphatic heterocycles.